The second-order valence-electron chi connectivity index (χ2n) is 7.79. The maximum Gasteiger partial charge on any atom is 0.291 e. The summed E-state index contributed by atoms with van der Waals surface area (Å²) in [5.74, 6) is -0.358. The summed E-state index contributed by atoms with van der Waals surface area (Å²) in [6.45, 7) is 6.77. The van der Waals surface area contributed by atoms with Crippen molar-refractivity contribution in [2.24, 2.45) is 10.5 Å². The molecule has 0 bridgehead atoms. The van der Waals surface area contributed by atoms with E-state index in [4.69, 9.17) is 0 Å². The number of rotatable bonds is 3. The van der Waals surface area contributed by atoms with Gasteiger partial charge < -0.3 is 9.88 Å². The standard InChI is InChI=1S/C18H22N4O2S/c1-18(2,3)15-9-21-12-6-7-25-14(12)8-13(21)17(24)22(20-15)10-16(23)19-11-4-5-11/h6-8,11H,4-5,9-10H2,1-3H3,(H,19,23). The normalized spacial score (nSPS) is 18.1. The van der Waals surface area contributed by atoms with Gasteiger partial charge in [-0.25, -0.2) is 5.01 Å². The molecular formula is C18H22N4O2S. The zero-order chi connectivity index (χ0) is 17.8. The van der Waals surface area contributed by atoms with Crippen molar-refractivity contribution in [3.8, 4) is 0 Å². The van der Waals surface area contributed by atoms with Crippen molar-refractivity contribution >= 4 is 39.1 Å². The van der Waals surface area contributed by atoms with Gasteiger partial charge in [-0.2, -0.15) is 5.10 Å². The molecule has 1 saturated carbocycles. The Morgan fingerprint density at radius 1 is 1.40 bits per heavy atom. The van der Waals surface area contributed by atoms with Gasteiger partial charge in [0.05, 0.1) is 22.5 Å². The Balaban J connectivity index is 1.72. The molecule has 1 N–H and O–H groups in total. The predicted molar refractivity (Wildman–Crippen MR) is 98.9 cm³/mol. The number of fused-ring (bicyclic) bond motifs is 3. The number of hydrogen-bond donors (Lipinski definition) is 1. The van der Waals surface area contributed by atoms with E-state index >= 15 is 0 Å². The average molecular weight is 358 g/mol. The van der Waals surface area contributed by atoms with E-state index in [0.717, 1.165) is 28.8 Å². The summed E-state index contributed by atoms with van der Waals surface area (Å²) in [6.07, 6.45) is 2.05. The van der Waals surface area contributed by atoms with Crippen LogP contribution in [0.25, 0.3) is 10.2 Å². The number of amides is 2. The Bertz CT molecular complexity index is 883. The van der Waals surface area contributed by atoms with Crippen LogP contribution in [0.4, 0.5) is 0 Å². The first-order valence-corrected chi connectivity index (χ1v) is 9.47. The van der Waals surface area contributed by atoms with Crippen molar-refractivity contribution in [1.82, 2.24) is 14.9 Å². The Morgan fingerprint density at radius 2 is 2.16 bits per heavy atom. The van der Waals surface area contributed by atoms with Crippen LogP contribution in [-0.2, 0) is 11.3 Å². The summed E-state index contributed by atoms with van der Waals surface area (Å²) in [5, 5.41) is 10.9. The third-order valence-corrected chi connectivity index (χ3v) is 5.48. The van der Waals surface area contributed by atoms with E-state index in [1.165, 1.54) is 5.01 Å². The molecule has 2 aliphatic rings. The summed E-state index contributed by atoms with van der Waals surface area (Å²) in [5.41, 5.74) is 2.35. The molecule has 132 valence electrons. The highest BCUT2D eigenvalue weighted by Crippen LogP contribution is 2.30. The number of hydrazone groups is 1. The molecule has 7 heteroatoms. The van der Waals surface area contributed by atoms with Gasteiger partial charge in [0, 0.05) is 11.5 Å². The molecule has 2 aromatic heterocycles. The lowest BCUT2D eigenvalue weighted by molar-refractivity contribution is -0.121. The third kappa shape index (κ3) is 3.08. The second-order valence-corrected chi connectivity index (χ2v) is 8.73. The summed E-state index contributed by atoms with van der Waals surface area (Å²) in [4.78, 5) is 25.3. The Hall–Kier alpha value is -2.15. The SMILES string of the molecule is CC(C)(C)C1=NN(CC(=O)NC2CC2)C(=O)c2cc3sccc3n2C1. The van der Waals surface area contributed by atoms with Gasteiger partial charge >= 0.3 is 0 Å². The maximum atomic E-state index is 13.0. The fourth-order valence-electron chi connectivity index (χ4n) is 2.96. The topological polar surface area (TPSA) is 66.7 Å². The lowest BCUT2D eigenvalue weighted by Gasteiger charge is -2.23. The fourth-order valence-corrected chi connectivity index (χ4v) is 3.78. The van der Waals surface area contributed by atoms with E-state index in [9.17, 15) is 9.59 Å². The smallest absolute Gasteiger partial charge is 0.291 e. The van der Waals surface area contributed by atoms with Crippen LogP contribution in [0, 0.1) is 5.41 Å². The van der Waals surface area contributed by atoms with Crippen molar-refractivity contribution < 1.29 is 9.59 Å². The van der Waals surface area contributed by atoms with Gasteiger partial charge in [-0.05, 0) is 30.4 Å². The number of nitrogens with one attached hydrogen (secondary N) is 1. The van der Waals surface area contributed by atoms with Gasteiger partial charge in [0.1, 0.15) is 12.2 Å². The largest absolute Gasteiger partial charge is 0.352 e. The van der Waals surface area contributed by atoms with Crippen molar-refractivity contribution in [2.45, 2.75) is 46.2 Å². The van der Waals surface area contributed by atoms with Gasteiger partial charge in [0.25, 0.3) is 5.91 Å². The van der Waals surface area contributed by atoms with Crippen LogP contribution in [-0.4, -0.2) is 39.7 Å². The third-order valence-electron chi connectivity index (χ3n) is 4.63. The van der Waals surface area contributed by atoms with Crippen LogP contribution in [0.2, 0.25) is 0 Å². The number of thiophene rings is 1. The highest BCUT2D eigenvalue weighted by Gasteiger charge is 2.32. The van der Waals surface area contributed by atoms with Gasteiger partial charge in [0.2, 0.25) is 5.91 Å². The summed E-state index contributed by atoms with van der Waals surface area (Å²) < 4.78 is 3.11. The first-order chi connectivity index (χ1) is 11.8. The van der Waals surface area contributed by atoms with E-state index in [0.29, 0.717) is 12.2 Å². The molecule has 3 heterocycles. The predicted octanol–water partition coefficient (Wildman–Crippen LogP) is 2.84. The second kappa shape index (κ2) is 5.69. The quantitative estimate of drug-likeness (QED) is 0.917. The first kappa shape index (κ1) is 16.3. The molecule has 1 aliphatic carbocycles. The lowest BCUT2D eigenvalue weighted by atomic mass is 9.90. The number of nitrogens with zero attached hydrogens (tertiary/aromatic N) is 3. The molecule has 6 nitrogen and oxygen atoms in total. The molecule has 0 spiro atoms. The van der Waals surface area contributed by atoms with Crippen LogP contribution in [0.1, 0.15) is 44.1 Å². The molecule has 0 saturated heterocycles. The molecule has 0 radical (unpaired) electrons. The summed E-state index contributed by atoms with van der Waals surface area (Å²) in [6, 6.07) is 4.22. The van der Waals surface area contributed by atoms with Crippen molar-refractivity contribution in [2.75, 3.05) is 6.54 Å². The number of carbonyl (C=O) groups excluding carboxylic acids is 2. The van der Waals surface area contributed by atoms with E-state index in [2.05, 4.69) is 31.2 Å². The Labute approximate surface area is 150 Å². The number of aromatic nitrogens is 1. The van der Waals surface area contributed by atoms with Crippen LogP contribution in [0.3, 0.4) is 0 Å². The van der Waals surface area contributed by atoms with E-state index < -0.39 is 0 Å². The van der Waals surface area contributed by atoms with Crippen molar-refractivity contribution in [3.05, 3.63) is 23.2 Å². The lowest BCUT2D eigenvalue weighted by Crippen LogP contribution is -2.39. The number of carbonyl (C=O) groups is 2. The average Bonchev–Trinajstić information content (AvgIpc) is 3.12. The zero-order valence-corrected chi connectivity index (χ0v) is 15.5. The van der Waals surface area contributed by atoms with Gasteiger partial charge in [-0.1, -0.05) is 20.8 Å². The first-order valence-electron chi connectivity index (χ1n) is 8.59. The molecule has 2 amide bonds. The molecule has 2 aromatic rings. The Morgan fingerprint density at radius 3 is 2.84 bits per heavy atom. The van der Waals surface area contributed by atoms with Gasteiger partial charge in [-0.3, -0.25) is 9.59 Å². The van der Waals surface area contributed by atoms with Crippen LogP contribution in [0.15, 0.2) is 22.6 Å². The summed E-state index contributed by atoms with van der Waals surface area (Å²) in [7, 11) is 0. The molecular weight excluding hydrogens is 336 g/mol. The van der Waals surface area contributed by atoms with Gasteiger partial charge in [0.15, 0.2) is 0 Å². The molecule has 0 unspecified atom stereocenters. The maximum absolute atomic E-state index is 13.0. The van der Waals surface area contributed by atoms with E-state index in [-0.39, 0.29) is 29.8 Å². The fraction of sp³-hybridized carbons (Fsp3) is 0.500. The van der Waals surface area contributed by atoms with Crippen molar-refractivity contribution in [1.29, 1.82) is 0 Å². The van der Waals surface area contributed by atoms with Crippen LogP contribution >= 0.6 is 11.3 Å². The Kier molecular flexibility index (Phi) is 3.72. The number of hydrogen-bond acceptors (Lipinski definition) is 4. The van der Waals surface area contributed by atoms with E-state index in [1.54, 1.807) is 11.3 Å². The molecule has 25 heavy (non-hydrogen) atoms. The monoisotopic (exact) mass is 358 g/mol. The van der Waals surface area contributed by atoms with Crippen molar-refractivity contribution in [3.63, 3.8) is 0 Å². The molecule has 1 aliphatic heterocycles. The molecule has 1 fully saturated rings. The molecule has 0 atom stereocenters. The van der Waals surface area contributed by atoms with Gasteiger partial charge in [-0.15, -0.1) is 11.3 Å². The highest BCUT2D eigenvalue weighted by molar-refractivity contribution is 7.17. The minimum atomic E-state index is -0.214. The minimum Gasteiger partial charge on any atom is -0.352 e. The van der Waals surface area contributed by atoms with Crippen LogP contribution in [0.5, 0.6) is 0 Å². The molecule has 0 aromatic carbocycles. The highest BCUT2D eigenvalue weighted by atomic mass is 32.1. The van der Waals surface area contributed by atoms with E-state index in [1.807, 2.05) is 22.1 Å². The van der Waals surface area contributed by atoms with Crippen LogP contribution < -0.4 is 5.32 Å². The zero-order valence-electron chi connectivity index (χ0n) is 14.7. The minimum absolute atomic E-state index is 0.0340. The molecule has 4 rings (SSSR count). The summed E-state index contributed by atoms with van der Waals surface area (Å²) >= 11 is 1.62.